The highest BCUT2D eigenvalue weighted by molar-refractivity contribution is 5.94. The van der Waals surface area contributed by atoms with E-state index < -0.39 is 0 Å². The lowest BCUT2D eigenvalue weighted by Crippen LogP contribution is -2.24. The Morgan fingerprint density at radius 3 is 2.73 bits per heavy atom. The topological polar surface area (TPSA) is 64.7 Å². The molecule has 1 aromatic carbocycles. The summed E-state index contributed by atoms with van der Waals surface area (Å²) in [6, 6.07) is 5.90. The van der Waals surface area contributed by atoms with Crippen LogP contribution in [0.25, 0.3) is 11.0 Å². The predicted octanol–water partition coefficient (Wildman–Crippen LogP) is 3.73. The van der Waals surface area contributed by atoms with Crippen LogP contribution in [0.4, 0.5) is 5.69 Å². The van der Waals surface area contributed by atoms with Crippen molar-refractivity contribution in [3.8, 4) is 0 Å². The van der Waals surface area contributed by atoms with Gasteiger partial charge in [-0.05, 0) is 18.2 Å². The van der Waals surface area contributed by atoms with E-state index in [4.69, 9.17) is 4.98 Å². The third kappa shape index (κ3) is 3.49. The van der Waals surface area contributed by atoms with Crippen molar-refractivity contribution in [3.63, 3.8) is 0 Å². The number of nitrogens with zero attached hydrogens (tertiary/aromatic N) is 4. The molecule has 0 bridgehead atoms. The highest BCUT2D eigenvalue weighted by Gasteiger charge is 2.16. The van der Waals surface area contributed by atoms with E-state index in [1.807, 2.05) is 42.9 Å². The summed E-state index contributed by atoms with van der Waals surface area (Å²) in [5.41, 5.74) is 2.76. The lowest BCUT2D eigenvalue weighted by atomic mass is 10.1. The second-order valence-electron chi connectivity index (χ2n) is 7.13. The van der Waals surface area contributed by atoms with Crippen LogP contribution >= 0.6 is 0 Å². The van der Waals surface area contributed by atoms with Gasteiger partial charge in [-0.25, -0.2) is 9.97 Å². The minimum Gasteiger partial charge on any atom is -0.334 e. The molecule has 0 aliphatic heterocycles. The zero-order chi connectivity index (χ0) is 18.8. The summed E-state index contributed by atoms with van der Waals surface area (Å²) in [5.74, 6) is 2.25. The number of hydrogen-bond acceptors (Lipinski definition) is 3. The van der Waals surface area contributed by atoms with E-state index >= 15 is 0 Å². The molecule has 0 unspecified atom stereocenters. The largest absolute Gasteiger partial charge is 0.334 e. The number of rotatable bonds is 6. The zero-order valence-corrected chi connectivity index (χ0v) is 16.2. The molecule has 6 heteroatoms. The van der Waals surface area contributed by atoms with E-state index in [1.165, 1.54) is 0 Å². The van der Waals surface area contributed by atoms with Crippen LogP contribution in [0.2, 0.25) is 0 Å². The summed E-state index contributed by atoms with van der Waals surface area (Å²) < 4.78 is 4.15. The van der Waals surface area contributed by atoms with E-state index in [9.17, 15) is 4.79 Å². The highest BCUT2D eigenvalue weighted by atomic mass is 16.1. The van der Waals surface area contributed by atoms with Crippen molar-refractivity contribution < 1.29 is 4.79 Å². The molecule has 1 atom stereocenters. The fraction of sp³-hybridized carbons (Fsp3) is 0.450. The van der Waals surface area contributed by atoms with Crippen LogP contribution in [0.5, 0.6) is 0 Å². The highest BCUT2D eigenvalue weighted by Crippen LogP contribution is 2.23. The second-order valence-corrected chi connectivity index (χ2v) is 7.13. The fourth-order valence-corrected chi connectivity index (χ4v) is 3.28. The smallest absolute Gasteiger partial charge is 0.229 e. The van der Waals surface area contributed by atoms with E-state index in [0.29, 0.717) is 12.5 Å². The molecule has 0 aliphatic rings. The lowest BCUT2D eigenvalue weighted by Gasteiger charge is -2.14. The van der Waals surface area contributed by atoms with Crippen LogP contribution in [0, 0.1) is 5.92 Å². The quantitative estimate of drug-likeness (QED) is 0.734. The van der Waals surface area contributed by atoms with Gasteiger partial charge in [0, 0.05) is 44.0 Å². The first kappa shape index (κ1) is 18.2. The van der Waals surface area contributed by atoms with Gasteiger partial charge in [0.2, 0.25) is 5.91 Å². The molecule has 138 valence electrons. The Morgan fingerprint density at radius 1 is 1.27 bits per heavy atom. The van der Waals surface area contributed by atoms with Gasteiger partial charge < -0.3 is 14.5 Å². The van der Waals surface area contributed by atoms with Crippen molar-refractivity contribution in [2.75, 3.05) is 5.32 Å². The Morgan fingerprint density at radius 2 is 2.04 bits per heavy atom. The maximum Gasteiger partial charge on any atom is 0.229 e. The normalized spacial score (nSPS) is 12.7. The first-order valence-corrected chi connectivity index (χ1v) is 9.18. The number of imidazole rings is 2. The zero-order valence-electron chi connectivity index (χ0n) is 16.2. The lowest BCUT2D eigenvalue weighted by molar-refractivity contribution is -0.119. The number of fused-ring (bicyclic) bond motifs is 1. The van der Waals surface area contributed by atoms with E-state index in [-0.39, 0.29) is 11.8 Å². The van der Waals surface area contributed by atoms with Gasteiger partial charge in [-0.15, -0.1) is 0 Å². The van der Waals surface area contributed by atoms with Crippen LogP contribution in [-0.4, -0.2) is 25.0 Å². The number of anilines is 1. The van der Waals surface area contributed by atoms with Crippen molar-refractivity contribution in [1.29, 1.82) is 0 Å². The Balaban J connectivity index is 1.74. The van der Waals surface area contributed by atoms with Gasteiger partial charge in [-0.2, -0.15) is 0 Å². The fourth-order valence-electron chi connectivity index (χ4n) is 3.28. The molecule has 0 aliphatic carbocycles. The number of aromatic nitrogens is 4. The Bertz CT molecular complexity index is 922. The van der Waals surface area contributed by atoms with Crippen LogP contribution in [0.15, 0.2) is 30.6 Å². The number of benzene rings is 1. The summed E-state index contributed by atoms with van der Waals surface area (Å²) in [4.78, 5) is 21.6. The molecule has 1 amide bonds. The average Bonchev–Trinajstić information content (AvgIpc) is 3.18. The van der Waals surface area contributed by atoms with Crippen molar-refractivity contribution in [2.45, 2.75) is 46.6 Å². The molecule has 0 saturated carbocycles. The minimum atomic E-state index is -0.153. The molecule has 0 fully saturated rings. The molecule has 26 heavy (non-hydrogen) atoms. The number of aryl methyl sites for hydroxylation is 2. The van der Waals surface area contributed by atoms with Crippen LogP contribution in [0.3, 0.4) is 0 Å². The molecule has 3 aromatic rings. The number of carbonyl (C=O) groups is 1. The molecule has 1 N–H and O–H groups in total. The number of hydrogen-bond donors (Lipinski definition) is 1. The second kappa shape index (κ2) is 7.32. The molecular weight excluding hydrogens is 326 g/mol. The van der Waals surface area contributed by atoms with Crippen molar-refractivity contribution in [3.05, 3.63) is 42.2 Å². The maximum absolute atomic E-state index is 12.6. The Labute approximate surface area is 154 Å². The van der Waals surface area contributed by atoms with Crippen LogP contribution < -0.4 is 5.32 Å². The number of nitrogens with one attached hydrogen (secondary N) is 1. The molecule has 0 saturated heterocycles. The molecule has 0 radical (unpaired) electrons. The molecule has 6 nitrogen and oxygen atoms in total. The SMILES string of the molecule is CCc1nccn1C[C@H](C)C(=O)Nc1ccc2c(c1)nc(C(C)C)n2C. The summed E-state index contributed by atoms with van der Waals surface area (Å²) in [6.45, 7) is 8.89. The molecule has 2 heterocycles. The summed E-state index contributed by atoms with van der Waals surface area (Å²) in [5, 5.41) is 3.02. The number of amides is 1. The van der Waals surface area contributed by atoms with E-state index in [1.54, 1.807) is 6.20 Å². The first-order chi connectivity index (χ1) is 12.4. The average molecular weight is 353 g/mol. The predicted molar refractivity (Wildman–Crippen MR) is 104 cm³/mol. The number of carbonyl (C=O) groups excluding carboxylic acids is 1. The third-order valence-electron chi connectivity index (χ3n) is 4.74. The van der Waals surface area contributed by atoms with Crippen molar-refractivity contribution in [2.24, 2.45) is 13.0 Å². The standard InChI is InChI=1S/C20H27N5O/c1-6-18-21-9-10-25(18)12-14(4)20(26)22-15-7-8-17-16(11-15)23-19(13(2)3)24(17)5/h7-11,13-14H,6,12H2,1-5H3,(H,22,26)/t14-/m0/s1. The van der Waals surface area contributed by atoms with Gasteiger partial charge in [0.05, 0.1) is 17.0 Å². The van der Waals surface area contributed by atoms with Gasteiger partial charge in [0.25, 0.3) is 0 Å². The Hall–Kier alpha value is -2.63. The van der Waals surface area contributed by atoms with Gasteiger partial charge in [0.15, 0.2) is 0 Å². The maximum atomic E-state index is 12.6. The van der Waals surface area contributed by atoms with Crippen LogP contribution in [0.1, 0.15) is 45.3 Å². The molecule has 2 aromatic heterocycles. The van der Waals surface area contributed by atoms with Crippen LogP contribution in [-0.2, 0) is 24.8 Å². The summed E-state index contributed by atoms with van der Waals surface area (Å²) in [7, 11) is 2.03. The minimum absolute atomic E-state index is 0.000109. The van der Waals surface area contributed by atoms with Gasteiger partial charge in [-0.3, -0.25) is 4.79 Å². The first-order valence-electron chi connectivity index (χ1n) is 9.18. The van der Waals surface area contributed by atoms with Gasteiger partial charge in [-0.1, -0.05) is 27.7 Å². The summed E-state index contributed by atoms with van der Waals surface area (Å²) in [6.07, 6.45) is 4.57. The van der Waals surface area contributed by atoms with Gasteiger partial charge >= 0.3 is 0 Å². The van der Waals surface area contributed by atoms with Crippen molar-refractivity contribution >= 4 is 22.6 Å². The van der Waals surface area contributed by atoms with Crippen molar-refractivity contribution in [1.82, 2.24) is 19.1 Å². The van der Waals surface area contributed by atoms with E-state index in [0.717, 1.165) is 34.8 Å². The molecular formula is C20H27N5O. The van der Waals surface area contributed by atoms with Gasteiger partial charge in [0.1, 0.15) is 11.6 Å². The molecule has 0 spiro atoms. The van der Waals surface area contributed by atoms with E-state index in [2.05, 4.69) is 35.6 Å². The monoisotopic (exact) mass is 353 g/mol. The molecule has 3 rings (SSSR count). The summed E-state index contributed by atoms with van der Waals surface area (Å²) >= 11 is 0. The third-order valence-corrected chi connectivity index (χ3v) is 4.74. The Kier molecular flexibility index (Phi) is 5.11.